The summed E-state index contributed by atoms with van der Waals surface area (Å²) in [5, 5.41) is 12.6. The first-order valence-corrected chi connectivity index (χ1v) is 10.7. The number of thiophene rings is 1. The van der Waals surface area contributed by atoms with Gasteiger partial charge in [0.05, 0.1) is 10.8 Å². The molecule has 2 heterocycles. The summed E-state index contributed by atoms with van der Waals surface area (Å²) in [4.78, 5) is 24.1. The predicted molar refractivity (Wildman–Crippen MR) is 116 cm³/mol. The standard InChI is InChI=1S/C20H14ClN3O3S2/c1-11(25)12-6-8-13(9-7-12)22-16(26)10-28-20-24-23-19(27-20)18-17(21)14-4-2-3-5-15(14)29-18/h2-9H,10H2,1H3,(H,22,26). The predicted octanol–water partition coefficient (Wildman–Crippen LogP) is 5.54. The Bertz CT molecular complexity index is 1200. The number of carbonyl (C=O) groups is 2. The van der Waals surface area contributed by atoms with Crippen LogP contribution >= 0.6 is 34.7 Å². The molecule has 0 fully saturated rings. The second-order valence-electron chi connectivity index (χ2n) is 6.08. The topological polar surface area (TPSA) is 85.1 Å². The van der Waals surface area contributed by atoms with Crippen molar-refractivity contribution in [1.29, 1.82) is 0 Å². The Morgan fingerprint density at radius 3 is 2.62 bits per heavy atom. The second kappa shape index (κ2) is 8.36. The van der Waals surface area contributed by atoms with Gasteiger partial charge in [-0.1, -0.05) is 41.6 Å². The maximum absolute atomic E-state index is 12.1. The lowest BCUT2D eigenvalue weighted by Gasteiger charge is -2.04. The molecule has 0 unspecified atom stereocenters. The van der Waals surface area contributed by atoms with Gasteiger partial charge >= 0.3 is 0 Å². The monoisotopic (exact) mass is 443 g/mol. The summed E-state index contributed by atoms with van der Waals surface area (Å²) in [7, 11) is 0. The number of fused-ring (bicyclic) bond motifs is 1. The van der Waals surface area contributed by atoms with Gasteiger partial charge in [-0.2, -0.15) is 0 Å². The fourth-order valence-electron chi connectivity index (χ4n) is 2.62. The number of rotatable bonds is 6. The number of nitrogens with zero attached hydrogens (tertiary/aromatic N) is 2. The number of halogens is 1. The molecule has 146 valence electrons. The van der Waals surface area contributed by atoms with E-state index in [9.17, 15) is 9.59 Å². The van der Waals surface area contributed by atoms with Crippen molar-refractivity contribution < 1.29 is 14.0 Å². The second-order valence-corrected chi connectivity index (χ2v) is 8.44. The van der Waals surface area contributed by atoms with Crippen molar-refractivity contribution in [2.75, 3.05) is 11.1 Å². The molecule has 2 aromatic carbocycles. The highest BCUT2D eigenvalue weighted by Crippen LogP contribution is 2.41. The fourth-order valence-corrected chi connectivity index (χ4v) is 4.62. The van der Waals surface area contributed by atoms with E-state index in [0.717, 1.165) is 21.8 Å². The summed E-state index contributed by atoms with van der Waals surface area (Å²) in [6.07, 6.45) is 0. The molecule has 0 aliphatic carbocycles. The maximum atomic E-state index is 12.1. The number of hydrogen-bond acceptors (Lipinski definition) is 7. The van der Waals surface area contributed by atoms with E-state index in [1.165, 1.54) is 18.3 Å². The van der Waals surface area contributed by atoms with Crippen molar-refractivity contribution in [3.8, 4) is 10.8 Å². The van der Waals surface area contributed by atoms with E-state index in [2.05, 4.69) is 15.5 Å². The van der Waals surface area contributed by atoms with Crippen molar-refractivity contribution >= 4 is 62.2 Å². The Balaban J connectivity index is 1.39. The maximum Gasteiger partial charge on any atom is 0.277 e. The van der Waals surface area contributed by atoms with Crippen LogP contribution in [0.5, 0.6) is 0 Å². The van der Waals surface area contributed by atoms with Crippen molar-refractivity contribution in [3.63, 3.8) is 0 Å². The minimum atomic E-state index is -0.217. The Morgan fingerprint density at radius 2 is 1.90 bits per heavy atom. The van der Waals surface area contributed by atoms with E-state index >= 15 is 0 Å². The number of benzene rings is 2. The number of thioether (sulfide) groups is 1. The van der Waals surface area contributed by atoms with E-state index in [0.29, 0.717) is 27.0 Å². The van der Waals surface area contributed by atoms with Crippen LogP contribution in [0.2, 0.25) is 5.02 Å². The molecule has 1 amide bonds. The van der Waals surface area contributed by atoms with Crippen molar-refractivity contribution in [2.45, 2.75) is 12.1 Å². The first kappa shape index (κ1) is 19.6. The zero-order valence-electron chi connectivity index (χ0n) is 15.1. The molecule has 4 rings (SSSR count). The Labute approximate surface area is 179 Å². The number of Topliss-reactive ketones (excluding diaryl/α,β-unsaturated/α-hetero) is 1. The average molecular weight is 444 g/mol. The van der Waals surface area contributed by atoms with Crippen LogP contribution in [0, 0.1) is 0 Å². The van der Waals surface area contributed by atoms with Crippen LogP contribution in [0.15, 0.2) is 58.2 Å². The molecule has 4 aromatic rings. The van der Waals surface area contributed by atoms with E-state index in [4.69, 9.17) is 16.0 Å². The molecule has 0 radical (unpaired) electrons. The summed E-state index contributed by atoms with van der Waals surface area (Å²) in [6.45, 7) is 1.49. The SMILES string of the molecule is CC(=O)c1ccc(NC(=O)CSc2nnc(-c3sc4ccccc4c3Cl)o2)cc1. The summed E-state index contributed by atoms with van der Waals surface area (Å²) >= 11 is 9.06. The molecule has 0 aliphatic rings. The van der Waals surface area contributed by atoms with Crippen LogP contribution in [0.3, 0.4) is 0 Å². The molecule has 0 saturated carbocycles. The van der Waals surface area contributed by atoms with Gasteiger partial charge in [0.15, 0.2) is 5.78 Å². The van der Waals surface area contributed by atoms with Crippen LogP contribution in [-0.2, 0) is 4.79 Å². The minimum Gasteiger partial charge on any atom is -0.410 e. The molecule has 0 saturated heterocycles. The fraction of sp³-hybridized carbons (Fsp3) is 0.100. The van der Waals surface area contributed by atoms with Crippen molar-refractivity contribution in [1.82, 2.24) is 10.2 Å². The summed E-state index contributed by atoms with van der Waals surface area (Å²) in [6, 6.07) is 14.5. The van der Waals surface area contributed by atoms with Crippen LogP contribution in [0.4, 0.5) is 5.69 Å². The van der Waals surface area contributed by atoms with Crippen LogP contribution in [0.1, 0.15) is 17.3 Å². The Hall–Kier alpha value is -2.68. The summed E-state index contributed by atoms with van der Waals surface area (Å²) in [5.74, 6) is 0.199. The highest BCUT2D eigenvalue weighted by molar-refractivity contribution is 7.99. The molecule has 0 bridgehead atoms. The number of anilines is 1. The molecule has 6 nitrogen and oxygen atoms in total. The first-order valence-electron chi connectivity index (χ1n) is 8.56. The molecule has 9 heteroatoms. The Morgan fingerprint density at radius 1 is 1.14 bits per heavy atom. The Kier molecular flexibility index (Phi) is 5.66. The first-order chi connectivity index (χ1) is 14.0. The number of aromatic nitrogens is 2. The van der Waals surface area contributed by atoms with Gasteiger partial charge in [0, 0.05) is 21.3 Å². The number of ketones is 1. The number of carbonyl (C=O) groups excluding carboxylic acids is 2. The lowest BCUT2D eigenvalue weighted by atomic mass is 10.1. The van der Waals surface area contributed by atoms with Gasteiger partial charge in [0.2, 0.25) is 5.91 Å². The lowest BCUT2D eigenvalue weighted by molar-refractivity contribution is -0.113. The molecule has 0 atom stereocenters. The number of hydrogen-bond donors (Lipinski definition) is 1. The molecule has 29 heavy (non-hydrogen) atoms. The third-order valence-corrected chi connectivity index (χ3v) is 6.52. The van der Waals surface area contributed by atoms with Crippen LogP contribution < -0.4 is 5.32 Å². The molecular formula is C20H14ClN3O3S2. The largest absolute Gasteiger partial charge is 0.410 e. The normalized spacial score (nSPS) is 11.0. The average Bonchev–Trinajstić information content (AvgIpc) is 3.32. The van der Waals surface area contributed by atoms with Gasteiger partial charge in [0.1, 0.15) is 4.88 Å². The van der Waals surface area contributed by atoms with Gasteiger partial charge in [-0.25, -0.2) is 0 Å². The van der Waals surface area contributed by atoms with Gasteiger partial charge in [-0.3, -0.25) is 9.59 Å². The highest BCUT2D eigenvalue weighted by atomic mass is 35.5. The van der Waals surface area contributed by atoms with Crippen molar-refractivity contribution in [3.05, 3.63) is 59.1 Å². The molecular weight excluding hydrogens is 430 g/mol. The third kappa shape index (κ3) is 4.34. The summed E-state index contributed by atoms with van der Waals surface area (Å²) in [5.41, 5.74) is 1.21. The van der Waals surface area contributed by atoms with E-state index in [1.807, 2.05) is 24.3 Å². The number of nitrogens with one attached hydrogen (secondary N) is 1. The van der Waals surface area contributed by atoms with E-state index in [1.54, 1.807) is 24.3 Å². The smallest absolute Gasteiger partial charge is 0.277 e. The zero-order chi connectivity index (χ0) is 20.4. The van der Waals surface area contributed by atoms with Gasteiger partial charge in [-0.05, 0) is 37.3 Å². The third-order valence-electron chi connectivity index (χ3n) is 4.04. The van der Waals surface area contributed by atoms with Gasteiger partial charge < -0.3 is 9.73 Å². The molecule has 1 N–H and O–H groups in total. The molecule has 0 aliphatic heterocycles. The minimum absolute atomic E-state index is 0.0237. The quantitative estimate of drug-likeness (QED) is 0.311. The van der Waals surface area contributed by atoms with E-state index in [-0.39, 0.29) is 22.7 Å². The number of amides is 1. The van der Waals surface area contributed by atoms with Crippen molar-refractivity contribution in [2.24, 2.45) is 0 Å². The van der Waals surface area contributed by atoms with E-state index < -0.39 is 0 Å². The summed E-state index contributed by atoms with van der Waals surface area (Å²) < 4.78 is 6.71. The zero-order valence-corrected chi connectivity index (χ0v) is 17.5. The van der Waals surface area contributed by atoms with Gasteiger partial charge in [-0.15, -0.1) is 21.5 Å². The van der Waals surface area contributed by atoms with Crippen LogP contribution in [0.25, 0.3) is 20.9 Å². The van der Waals surface area contributed by atoms with Crippen LogP contribution in [-0.4, -0.2) is 27.6 Å². The molecule has 2 aromatic heterocycles. The lowest BCUT2D eigenvalue weighted by Crippen LogP contribution is -2.14. The van der Waals surface area contributed by atoms with Gasteiger partial charge in [0.25, 0.3) is 11.1 Å². The molecule has 0 spiro atoms. The highest BCUT2D eigenvalue weighted by Gasteiger charge is 2.18.